The molecule has 5 nitrogen and oxygen atoms in total. The molecule has 82 valence electrons. The molecule has 2 N–H and O–H groups in total. The minimum Gasteiger partial charge on any atom is -0.410 e. The van der Waals surface area contributed by atoms with E-state index < -0.39 is 17.4 Å². The van der Waals surface area contributed by atoms with Crippen LogP contribution in [0.5, 0.6) is 0 Å². The van der Waals surface area contributed by atoms with Crippen molar-refractivity contribution in [2.45, 2.75) is 0 Å². The molecule has 0 bridgehead atoms. The van der Waals surface area contributed by atoms with Gasteiger partial charge in [-0.2, -0.15) is 0 Å². The number of oxime groups is 1. The summed E-state index contributed by atoms with van der Waals surface area (Å²) < 4.78 is 0. The third kappa shape index (κ3) is 1.54. The molecular weight excluding hydrogens is 255 g/mol. The van der Waals surface area contributed by atoms with Crippen molar-refractivity contribution in [1.29, 1.82) is 0 Å². The molecule has 0 saturated carbocycles. The molecule has 0 aromatic heterocycles. The fourth-order valence-corrected chi connectivity index (χ4v) is 1.98. The molecule has 1 amide bonds. The summed E-state index contributed by atoms with van der Waals surface area (Å²) in [5, 5.41) is 13.9. The standard InChI is InChI=1S/C9H4Cl2N2O3/c10-3-1-4(11)6-5(2-3)12-9(15)7(13-16)8(6)14/h1-2,16H,(H,12,15)/b13-7-. The smallest absolute Gasteiger partial charge is 0.281 e. The Morgan fingerprint density at radius 2 is 1.94 bits per heavy atom. The van der Waals surface area contributed by atoms with Crippen LogP contribution in [0.1, 0.15) is 10.4 Å². The highest BCUT2D eigenvalue weighted by atomic mass is 35.5. The average molecular weight is 259 g/mol. The second kappa shape index (κ2) is 3.77. The molecule has 1 aromatic rings. The number of halogens is 2. The van der Waals surface area contributed by atoms with Gasteiger partial charge in [-0.1, -0.05) is 28.4 Å². The van der Waals surface area contributed by atoms with Gasteiger partial charge >= 0.3 is 0 Å². The number of hydrogen-bond donors (Lipinski definition) is 2. The Kier molecular flexibility index (Phi) is 2.57. The van der Waals surface area contributed by atoms with Crippen molar-refractivity contribution >= 4 is 46.3 Å². The number of carbonyl (C=O) groups excluding carboxylic acids is 2. The predicted octanol–water partition coefficient (Wildman–Crippen LogP) is 1.96. The number of fused-ring (bicyclic) bond motifs is 1. The van der Waals surface area contributed by atoms with Crippen LogP contribution in [0.3, 0.4) is 0 Å². The zero-order chi connectivity index (χ0) is 11.9. The first-order valence-electron chi connectivity index (χ1n) is 4.11. The highest BCUT2D eigenvalue weighted by Crippen LogP contribution is 2.32. The van der Waals surface area contributed by atoms with Crippen LogP contribution in [-0.4, -0.2) is 22.6 Å². The molecule has 0 fully saturated rings. The third-order valence-electron chi connectivity index (χ3n) is 2.06. The molecule has 0 saturated heterocycles. The molecule has 0 atom stereocenters. The highest BCUT2D eigenvalue weighted by molar-refractivity contribution is 6.73. The molecule has 0 spiro atoms. The Balaban J connectivity index is 2.69. The molecule has 1 heterocycles. The molecule has 0 unspecified atom stereocenters. The van der Waals surface area contributed by atoms with E-state index in [0.29, 0.717) is 5.02 Å². The fourth-order valence-electron chi connectivity index (χ4n) is 1.40. The first-order chi connectivity index (χ1) is 7.54. The van der Waals surface area contributed by atoms with Crippen LogP contribution in [-0.2, 0) is 4.79 Å². The van der Waals surface area contributed by atoms with Gasteiger partial charge in [0.2, 0.25) is 11.5 Å². The summed E-state index contributed by atoms with van der Waals surface area (Å²) in [6.45, 7) is 0. The van der Waals surface area contributed by atoms with Crippen molar-refractivity contribution in [3.05, 3.63) is 27.7 Å². The van der Waals surface area contributed by atoms with E-state index in [2.05, 4.69) is 10.5 Å². The summed E-state index contributed by atoms with van der Waals surface area (Å²) in [7, 11) is 0. The number of nitrogens with zero attached hydrogens (tertiary/aromatic N) is 1. The van der Waals surface area contributed by atoms with Crippen molar-refractivity contribution < 1.29 is 14.8 Å². The maximum Gasteiger partial charge on any atom is 0.281 e. The van der Waals surface area contributed by atoms with Crippen molar-refractivity contribution in [3.8, 4) is 0 Å². The average Bonchev–Trinajstić information content (AvgIpc) is 2.15. The molecule has 7 heteroatoms. The van der Waals surface area contributed by atoms with Crippen LogP contribution in [0.25, 0.3) is 0 Å². The normalized spacial score (nSPS) is 17.2. The summed E-state index contributed by atoms with van der Waals surface area (Å²) >= 11 is 11.5. The van der Waals surface area contributed by atoms with E-state index in [0.717, 1.165) is 0 Å². The number of rotatable bonds is 0. The molecule has 0 aliphatic carbocycles. The van der Waals surface area contributed by atoms with Gasteiger partial charge in [-0.3, -0.25) is 9.59 Å². The molecule has 0 radical (unpaired) electrons. The summed E-state index contributed by atoms with van der Waals surface area (Å²) in [6.07, 6.45) is 0. The number of hydrogen-bond acceptors (Lipinski definition) is 4. The van der Waals surface area contributed by atoms with Gasteiger partial charge in [0, 0.05) is 5.02 Å². The largest absolute Gasteiger partial charge is 0.410 e. The van der Waals surface area contributed by atoms with Gasteiger partial charge in [0.05, 0.1) is 16.3 Å². The number of carbonyl (C=O) groups is 2. The summed E-state index contributed by atoms with van der Waals surface area (Å²) in [6, 6.07) is 2.76. The van der Waals surface area contributed by atoms with Crippen LogP contribution < -0.4 is 5.32 Å². The molecule has 2 rings (SSSR count). The van der Waals surface area contributed by atoms with Gasteiger partial charge in [-0.15, -0.1) is 0 Å². The minimum atomic E-state index is -0.793. The highest BCUT2D eigenvalue weighted by Gasteiger charge is 2.32. The van der Waals surface area contributed by atoms with Gasteiger partial charge in [-0.05, 0) is 12.1 Å². The van der Waals surface area contributed by atoms with E-state index in [4.69, 9.17) is 28.4 Å². The predicted molar refractivity (Wildman–Crippen MR) is 58.6 cm³/mol. The van der Waals surface area contributed by atoms with Crippen molar-refractivity contribution in [2.75, 3.05) is 5.32 Å². The van der Waals surface area contributed by atoms with E-state index in [1.165, 1.54) is 12.1 Å². The van der Waals surface area contributed by atoms with Crippen molar-refractivity contribution in [2.24, 2.45) is 5.16 Å². The van der Waals surface area contributed by atoms with Gasteiger partial charge in [0.1, 0.15) is 0 Å². The lowest BCUT2D eigenvalue weighted by atomic mass is 10.00. The topological polar surface area (TPSA) is 78.8 Å². The van der Waals surface area contributed by atoms with E-state index >= 15 is 0 Å². The monoisotopic (exact) mass is 258 g/mol. The van der Waals surface area contributed by atoms with Gasteiger partial charge < -0.3 is 10.5 Å². The van der Waals surface area contributed by atoms with Crippen LogP contribution >= 0.6 is 23.2 Å². The SMILES string of the molecule is O=C1Nc2cc(Cl)cc(Cl)c2C(=O)/C1=N/O. The second-order valence-corrected chi connectivity index (χ2v) is 3.89. The van der Waals surface area contributed by atoms with Crippen molar-refractivity contribution in [1.82, 2.24) is 0 Å². The maximum absolute atomic E-state index is 11.7. The number of Topliss-reactive ketones (excluding diaryl/α,β-unsaturated/α-hetero) is 1. The molecule has 16 heavy (non-hydrogen) atoms. The zero-order valence-electron chi connectivity index (χ0n) is 7.62. The summed E-state index contributed by atoms with van der Waals surface area (Å²) in [5.74, 6) is -1.53. The first kappa shape index (κ1) is 10.9. The Morgan fingerprint density at radius 3 is 2.56 bits per heavy atom. The summed E-state index contributed by atoms with van der Waals surface area (Å²) in [5.41, 5.74) is -0.324. The van der Waals surface area contributed by atoms with Crippen molar-refractivity contribution in [3.63, 3.8) is 0 Å². The Morgan fingerprint density at radius 1 is 1.25 bits per heavy atom. The number of ketones is 1. The lowest BCUT2D eigenvalue weighted by molar-refractivity contribution is -0.110. The molecule has 1 aromatic carbocycles. The fraction of sp³-hybridized carbons (Fsp3) is 0. The lowest BCUT2D eigenvalue weighted by Crippen LogP contribution is -2.36. The van der Waals surface area contributed by atoms with E-state index in [-0.39, 0.29) is 16.3 Å². The molecule has 1 aliphatic rings. The number of amides is 1. The van der Waals surface area contributed by atoms with Crippen LogP contribution in [0.4, 0.5) is 5.69 Å². The van der Waals surface area contributed by atoms with Crippen LogP contribution in [0, 0.1) is 0 Å². The van der Waals surface area contributed by atoms with Crippen LogP contribution in [0.15, 0.2) is 17.3 Å². The zero-order valence-corrected chi connectivity index (χ0v) is 9.13. The number of nitrogens with one attached hydrogen (secondary N) is 1. The lowest BCUT2D eigenvalue weighted by Gasteiger charge is -2.17. The molecular formula is C9H4Cl2N2O3. The Labute approximate surface area is 99.6 Å². The molecule has 1 aliphatic heterocycles. The van der Waals surface area contributed by atoms with Gasteiger partial charge in [0.15, 0.2) is 0 Å². The number of anilines is 1. The quantitative estimate of drug-likeness (QED) is 0.552. The minimum absolute atomic E-state index is 0.0680. The first-order valence-corrected chi connectivity index (χ1v) is 4.87. The van der Waals surface area contributed by atoms with E-state index in [1.54, 1.807) is 0 Å². The van der Waals surface area contributed by atoms with E-state index in [9.17, 15) is 9.59 Å². The summed E-state index contributed by atoms with van der Waals surface area (Å²) in [4.78, 5) is 23.0. The Bertz CT molecular complexity index is 540. The van der Waals surface area contributed by atoms with Gasteiger partial charge in [0.25, 0.3) is 5.91 Å². The van der Waals surface area contributed by atoms with E-state index in [1.807, 2.05) is 0 Å². The number of benzene rings is 1. The second-order valence-electron chi connectivity index (χ2n) is 3.04. The van der Waals surface area contributed by atoms with Crippen LogP contribution in [0.2, 0.25) is 10.0 Å². The van der Waals surface area contributed by atoms with Gasteiger partial charge in [-0.25, -0.2) is 0 Å². The third-order valence-corrected chi connectivity index (χ3v) is 2.58. The maximum atomic E-state index is 11.7. The Hall–Kier alpha value is -1.59.